The molecule has 30 heavy (non-hydrogen) atoms. The van der Waals surface area contributed by atoms with E-state index in [0.717, 1.165) is 5.56 Å². The summed E-state index contributed by atoms with van der Waals surface area (Å²) < 4.78 is 37.8. The summed E-state index contributed by atoms with van der Waals surface area (Å²) in [4.78, 5) is 11.3. The van der Waals surface area contributed by atoms with Crippen LogP contribution in [-0.2, 0) is 14.8 Å². The molecule has 2 N–H and O–H groups in total. The molecule has 0 fully saturated rings. The predicted molar refractivity (Wildman–Crippen MR) is 119 cm³/mol. The zero-order valence-electron chi connectivity index (χ0n) is 17.8. The lowest BCUT2D eigenvalue weighted by atomic mass is 10.0. The Balaban J connectivity index is 1.81. The molecule has 0 aromatic heterocycles. The maximum Gasteiger partial charge on any atom is 0.221 e. The highest BCUT2D eigenvalue weighted by Gasteiger charge is 2.17. The van der Waals surface area contributed by atoms with Crippen LogP contribution in [0.25, 0.3) is 0 Å². The minimum atomic E-state index is -3.27. The van der Waals surface area contributed by atoms with Crippen LogP contribution >= 0.6 is 0 Å². The van der Waals surface area contributed by atoms with Crippen molar-refractivity contribution in [1.82, 2.24) is 4.72 Å². The van der Waals surface area contributed by atoms with Gasteiger partial charge in [0.15, 0.2) is 0 Å². The van der Waals surface area contributed by atoms with Gasteiger partial charge in [-0.25, -0.2) is 13.1 Å². The molecule has 0 saturated heterocycles. The molecule has 1 amide bonds. The third-order valence-electron chi connectivity index (χ3n) is 4.47. The number of sulfonamides is 1. The zero-order chi connectivity index (χ0) is 22.1. The second kappa shape index (κ2) is 11.0. The highest BCUT2D eigenvalue weighted by Crippen LogP contribution is 2.24. The van der Waals surface area contributed by atoms with Gasteiger partial charge in [0.25, 0.3) is 0 Å². The van der Waals surface area contributed by atoms with Gasteiger partial charge in [0, 0.05) is 13.5 Å². The fourth-order valence-corrected chi connectivity index (χ4v) is 3.43. The summed E-state index contributed by atoms with van der Waals surface area (Å²) in [6, 6.07) is 14.8. The molecule has 1 atom stereocenters. The third kappa shape index (κ3) is 7.35. The summed E-state index contributed by atoms with van der Waals surface area (Å²) in [5.74, 6) is 1.17. The van der Waals surface area contributed by atoms with Gasteiger partial charge in [-0.05, 0) is 49.6 Å². The maximum atomic E-state index is 11.9. The molecule has 2 rings (SSSR count). The smallest absolute Gasteiger partial charge is 0.221 e. The first-order chi connectivity index (χ1) is 14.2. The molecule has 0 aliphatic heterocycles. The van der Waals surface area contributed by atoms with Crippen LogP contribution in [0.3, 0.4) is 0 Å². The van der Waals surface area contributed by atoms with Crippen LogP contribution in [0.5, 0.6) is 11.5 Å². The van der Waals surface area contributed by atoms with Gasteiger partial charge in [0.1, 0.15) is 24.7 Å². The average molecular weight is 435 g/mol. The molecule has 8 heteroatoms. The minimum Gasteiger partial charge on any atom is -0.490 e. The molecule has 0 spiro atoms. The summed E-state index contributed by atoms with van der Waals surface area (Å²) in [6.45, 7) is 7.75. The predicted octanol–water partition coefficient (Wildman–Crippen LogP) is 3.53. The fourth-order valence-electron chi connectivity index (χ4n) is 2.61. The quantitative estimate of drug-likeness (QED) is 0.528. The molecule has 0 aliphatic carbocycles. The Morgan fingerprint density at radius 3 is 2.23 bits per heavy atom. The lowest BCUT2D eigenvalue weighted by Gasteiger charge is -2.16. The molecule has 164 valence electrons. The van der Waals surface area contributed by atoms with Crippen LogP contribution in [0.1, 0.15) is 39.2 Å². The van der Waals surface area contributed by atoms with Crippen molar-refractivity contribution in [2.24, 2.45) is 0 Å². The van der Waals surface area contributed by atoms with E-state index in [1.165, 1.54) is 6.92 Å². The topological polar surface area (TPSA) is 93.7 Å². The second-order valence-electron chi connectivity index (χ2n) is 7.29. The van der Waals surface area contributed by atoms with E-state index in [-0.39, 0.29) is 11.8 Å². The third-order valence-corrected chi connectivity index (χ3v) is 6.28. The number of carbonyl (C=O) groups excluding carboxylic acids is 1. The molecule has 7 nitrogen and oxygen atoms in total. The van der Waals surface area contributed by atoms with E-state index in [9.17, 15) is 13.2 Å². The van der Waals surface area contributed by atoms with Crippen LogP contribution in [0.4, 0.5) is 5.69 Å². The Bertz CT molecular complexity index is 927. The van der Waals surface area contributed by atoms with Crippen molar-refractivity contribution in [3.8, 4) is 11.5 Å². The van der Waals surface area contributed by atoms with E-state index < -0.39 is 15.3 Å². The van der Waals surface area contributed by atoms with Gasteiger partial charge >= 0.3 is 0 Å². The van der Waals surface area contributed by atoms with Crippen molar-refractivity contribution in [2.45, 2.75) is 38.9 Å². The first kappa shape index (κ1) is 23.7. The monoisotopic (exact) mass is 434 g/mol. The summed E-state index contributed by atoms with van der Waals surface area (Å²) in [5.41, 5.74) is 1.64. The first-order valence-electron chi connectivity index (χ1n) is 9.89. The van der Waals surface area contributed by atoms with Crippen LogP contribution in [-0.4, -0.2) is 39.3 Å². The van der Waals surface area contributed by atoms with Gasteiger partial charge in [0.2, 0.25) is 15.9 Å². The Labute approximate surface area is 178 Å². The highest BCUT2D eigenvalue weighted by atomic mass is 32.2. The van der Waals surface area contributed by atoms with Crippen molar-refractivity contribution < 1.29 is 22.7 Å². The Morgan fingerprint density at radius 1 is 0.967 bits per heavy atom. The number of para-hydroxylation sites is 2. The van der Waals surface area contributed by atoms with E-state index in [1.54, 1.807) is 26.0 Å². The summed E-state index contributed by atoms with van der Waals surface area (Å²) in [6.07, 6.45) is 0. The number of carbonyl (C=O) groups is 1. The summed E-state index contributed by atoms with van der Waals surface area (Å²) in [5, 5.41) is 2.28. The number of hydrogen-bond acceptors (Lipinski definition) is 5. The SMILES string of the molecule is CC(=O)Nc1ccccc1OCCOc1ccc(C(C)CNS(=O)(=O)C(C)C)cc1. The maximum absolute atomic E-state index is 11.9. The lowest BCUT2D eigenvalue weighted by Crippen LogP contribution is -2.33. The van der Waals surface area contributed by atoms with Crippen molar-refractivity contribution in [2.75, 3.05) is 25.1 Å². The molecular formula is C22H30N2O5S. The fraction of sp³-hybridized carbons (Fsp3) is 0.409. The molecule has 0 radical (unpaired) electrons. The number of rotatable bonds is 11. The normalized spacial score (nSPS) is 12.4. The molecule has 1 unspecified atom stereocenters. The van der Waals surface area contributed by atoms with Crippen molar-refractivity contribution in [1.29, 1.82) is 0 Å². The van der Waals surface area contributed by atoms with Crippen LogP contribution < -0.4 is 19.5 Å². The number of amides is 1. The highest BCUT2D eigenvalue weighted by molar-refractivity contribution is 7.90. The van der Waals surface area contributed by atoms with Gasteiger partial charge in [0.05, 0.1) is 10.9 Å². The van der Waals surface area contributed by atoms with Crippen LogP contribution in [0.2, 0.25) is 0 Å². The number of nitrogens with one attached hydrogen (secondary N) is 2. The molecule has 2 aromatic carbocycles. The molecule has 2 aromatic rings. The average Bonchev–Trinajstić information content (AvgIpc) is 2.70. The molecular weight excluding hydrogens is 404 g/mol. The summed E-state index contributed by atoms with van der Waals surface area (Å²) >= 11 is 0. The van der Waals surface area contributed by atoms with E-state index in [2.05, 4.69) is 10.0 Å². The number of benzene rings is 2. The van der Waals surface area contributed by atoms with Gasteiger partial charge in [-0.2, -0.15) is 0 Å². The van der Waals surface area contributed by atoms with Gasteiger partial charge in [-0.1, -0.05) is 31.2 Å². The van der Waals surface area contributed by atoms with Crippen LogP contribution in [0.15, 0.2) is 48.5 Å². The van der Waals surface area contributed by atoms with Crippen molar-refractivity contribution in [3.05, 3.63) is 54.1 Å². The van der Waals surface area contributed by atoms with E-state index in [0.29, 0.717) is 36.9 Å². The molecule has 0 aliphatic rings. The molecule has 0 heterocycles. The first-order valence-corrected chi connectivity index (χ1v) is 11.4. The van der Waals surface area contributed by atoms with E-state index in [1.807, 2.05) is 43.3 Å². The van der Waals surface area contributed by atoms with Gasteiger partial charge < -0.3 is 14.8 Å². The standard InChI is InChI=1S/C22H30N2O5S/c1-16(2)30(26,27)23-15-17(3)19-9-11-20(12-10-19)28-13-14-29-22-8-6-5-7-21(22)24-18(4)25/h5-12,16-17,23H,13-15H2,1-4H3,(H,24,25). The number of anilines is 1. The summed E-state index contributed by atoms with van der Waals surface area (Å²) in [7, 11) is -3.27. The van der Waals surface area contributed by atoms with Crippen molar-refractivity contribution in [3.63, 3.8) is 0 Å². The largest absolute Gasteiger partial charge is 0.490 e. The minimum absolute atomic E-state index is 0.0428. The Hall–Kier alpha value is -2.58. The van der Waals surface area contributed by atoms with Gasteiger partial charge in [-0.15, -0.1) is 0 Å². The Morgan fingerprint density at radius 2 is 1.60 bits per heavy atom. The molecule has 0 saturated carbocycles. The zero-order valence-corrected chi connectivity index (χ0v) is 18.7. The van der Waals surface area contributed by atoms with E-state index >= 15 is 0 Å². The lowest BCUT2D eigenvalue weighted by molar-refractivity contribution is -0.114. The van der Waals surface area contributed by atoms with E-state index in [4.69, 9.17) is 9.47 Å². The van der Waals surface area contributed by atoms with Crippen LogP contribution in [0, 0.1) is 0 Å². The second-order valence-corrected chi connectivity index (χ2v) is 9.61. The Kier molecular flexibility index (Phi) is 8.68. The number of ether oxygens (including phenoxy) is 2. The number of hydrogen-bond donors (Lipinski definition) is 2. The van der Waals surface area contributed by atoms with Crippen molar-refractivity contribution >= 4 is 21.6 Å². The van der Waals surface area contributed by atoms with Gasteiger partial charge in [-0.3, -0.25) is 4.79 Å². The molecule has 0 bridgehead atoms.